The molecule has 1 heterocycles. The second-order valence-corrected chi connectivity index (χ2v) is 3.01. The topological polar surface area (TPSA) is 42.2 Å². The lowest BCUT2D eigenvalue weighted by Crippen LogP contribution is -2.37. The molecule has 18 heavy (non-hydrogen) atoms. The molecule has 0 aromatic rings. The summed E-state index contributed by atoms with van der Waals surface area (Å²) in [7, 11) is 0. The first-order valence-corrected chi connectivity index (χ1v) is 4.47. The number of nitriles is 1. The van der Waals surface area contributed by atoms with E-state index in [1.807, 2.05) is 0 Å². The van der Waals surface area contributed by atoms with Crippen LogP contribution in [0.25, 0.3) is 0 Å². The highest BCUT2D eigenvalue weighted by molar-refractivity contribution is 5.46. The molecule has 100 valence electrons. The molecular weight excluding hydrogens is 268 g/mol. The van der Waals surface area contributed by atoms with Crippen LogP contribution in [0.1, 0.15) is 6.92 Å². The molecule has 1 rings (SSSR count). The van der Waals surface area contributed by atoms with E-state index in [1.165, 1.54) is 6.92 Å². The highest BCUT2D eigenvalue weighted by Crippen LogP contribution is 2.47. The Morgan fingerprint density at radius 3 is 2.33 bits per heavy atom. The van der Waals surface area contributed by atoms with E-state index in [0.29, 0.717) is 0 Å². The Bertz CT molecular complexity index is 457. The van der Waals surface area contributed by atoms with E-state index in [-0.39, 0.29) is 6.61 Å². The van der Waals surface area contributed by atoms with Crippen LogP contribution in [-0.4, -0.2) is 18.9 Å². The normalized spacial score (nSPS) is 19.4. The largest absolute Gasteiger partial charge is 0.465 e. The fourth-order valence-corrected chi connectivity index (χ4v) is 1.18. The monoisotopic (exact) mass is 273 g/mol. The molecule has 0 spiro atoms. The van der Waals surface area contributed by atoms with Gasteiger partial charge in [-0.2, -0.15) is 27.2 Å². The average Bonchev–Trinajstić information content (AvgIpc) is 2.13. The minimum atomic E-state index is -5.67. The van der Waals surface area contributed by atoms with Gasteiger partial charge in [0.25, 0.3) is 0 Å². The maximum absolute atomic E-state index is 13.3. The number of alkyl halides is 5. The van der Waals surface area contributed by atoms with Crippen molar-refractivity contribution in [3.63, 3.8) is 0 Å². The Morgan fingerprint density at radius 2 is 1.94 bits per heavy atom. The summed E-state index contributed by atoms with van der Waals surface area (Å²) in [5.74, 6) is -3.67. The van der Waals surface area contributed by atoms with E-state index in [1.54, 1.807) is 0 Å². The average molecular weight is 273 g/mol. The number of nitrogens with zero attached hydrogens (tertiary/aromatic N) is 1. The molecule has 9 heteroatoms. The molecule has 0 aliphatic carbocycles. The van der Waals surface area contributed by atoms with E-state index in [9.17, 15) is 26.3 Å². The predicted molar refractivity (Wildman–Crippen MR) is 44.5 cm³/mol. The van der Waals surface area contributed by atoms with Crippen molar-refractivity contribution in [2.24, 2.45) is 0 Å². The molecule has 0 bridgehead atoms. The van der Waals surface area contributed by atoms with Crippen LogP contribution in [0.4, 0.5) is 26.3 Å². The smallest absolute Gasteiger partial charge is 0.436 e. The minimum absolute atomic E-state index is 0.286. The van der Waals surface area contributed by atoms with Crippen LogP contribution in [0.3, 0.4) is 0 Å². The van der Waals surface area contributed by atoms with E-state index >= 15 is 0 Å². The number of ether oxygens (including phenoxy) is 2. The van der Waals surface area contributed by atoms with Gasteiger partial charge in [-0.1, -0.05) is 0 Å². The van der Waals surface area contributed by atoms with Gasteiger partial charge in [-0.25, -0.2) is 4.39 Å². The van der Waals surface area contributed by atoms with E-state index < -0.39 is 35.2 Å². The maximum Gasteiger partial charge on any atom is 0.436 e. The molecule has 0 amide bonds. The van der Waals surface area contributed by atoms with E-state index in [2.05, 4.69) is 9.47 Å². The lowest BCUT2D eigenvalue weighted by atomic mass is 10.1. The van der Waals surface area contributed by atoms with Crippen molar-refractivity contribution in [3.05, 3.63) is 22.9 Å². The third-order valence-corrected chi connectivity index (χ3v) is 1.83. The Hall–Kier alpha value is -1.85. The Balaban J connectivity index is 3.47. The van der Waals surface area contributed by atoms with Crippen LogP contribution in [-0.2, 0) is 9.47 Å². The van der Waals surface area contributed by atoms with Gasteiger partial charge in [0.1, 0.15) is 6.07 Å². The molecule has 0 atom stereocenters. The van der Waals surface area contributed by atoms with Crippen molar-refractivity contribution in [1.29, 1.82) is 5.26 Å². The zero-order valence-corrected chi connectivity index (χ0v) is 8.74. The molecule has 0 aromatic heterocycles. The van der Waals surface area contributed by atoms with Crippen LogP contribution < -0.4 is 0 Å². The molecule has 0 N–H and O–H groups in total. The van der Waals surface area contributed by atoms with Gasteiger partial charge in [-0.3, -0.25) is 0 Å². The Labute approximate surface area is 96.9 Å². The summed E-state index contributed by atoms with van der Waals surface area (Å²) in [6, 6.07) is 0.992. The number of hydrogen-bond acceptors (Lipinski definition) is 3. The van der Waals surface area contributed by atoms with Gasteiger partial charge in [0.05, 0.1) is 6.61 Å². The highest BCUT2D eigenvalue weighted by Gasteiger charge is 2.59. The maximum atomic E-state index is 13.3. The predicted octanol–water partition coefficient (Wildman–Crippen LogP) is 3.17. The molecule has 0 fully saturated rings. The second-order valence-electron chi connectivity index (χ2n) is 3.01. The first kappa shape index (κ1) is 14.2. The van der Waals surface area contributed by atoms with Crippen molar-refractivity contribution in [2.75, 3.05) is 6.61 Å². The van der Waals surface area contributed by atoms with Crippen molar-refractivity contribution < 1.29 is 35.8 Å². The lowest BCUT2D eigenvalue weighted by molar-refractivity contribution is -0.249. The highest BCUT2D eigenvalue weighted by atomic mass is 19.4. The van der Waals surface area contributed by atoms with Crippen molar-refractivity contribution in [3.8, 4) is 6.07 Å². The lowest BCUT2D eigenvalue weighted by Gasteiger charge is -2.27. The Kier molecular flexibility index (Phi) is 3.50. The third-order valence-electron chi connectivity index (χ3n) is 1.83. The SMILES string of the molecule is CCOC1=C(C#N)C(F)=C(C(F)(F)F)C(F)(F)O1. The van der Waals surface area contributed by atoms with Gasteiger partial charge in [0, 0.05) is 0 Å². The van der Waals surface area contributed by atoms with Gasteiger partial charge in [0.15, 0.2) is 17.0 Å². The third kappa shape index (κ3) is 2.37. The summed E-state index contributed by atoms with van der Waals surface area (Å²) in [6.07, 6.45) is -10.6. The van der Waals surface area contributed by atoms with Crippen molar-refractivity contribution in [2.45, 2.75) is 19.2 Å². The zero-order chi connectivity index (χ0) is 14.1. The molecule has 1 aliphatic heterocycles. The van der Waals surface area contributed by atoms with Gasteiger partial charge in [-0.15, -0.1) is 0 Å². The summed E-state index contributed by atoms with van der Waals surface area (Å²) in [5.41, 5.74) is -4.20. The first-order valence-electron chi connectivity index (χ1n) is 4.47. The zero-order valence-electron chi connectivity index (χ0n) is 8.74. The summed E-state index contributed by atoms with van der Waals surface area (Å²) < 4.78 is 84.2. The van der Waals surface area contributed by atoms with Crippen LogP contribution in [0.5, 0.6) is 0 Å². The molecule has 0 radical (unpaired) electrons. The van der Waals surface area contributed by atoms with Crippen LogP contribution in [0.15, 0.2) is 22.9 Å². The van der Waals surface area contributed by atoms with Crippen LogP contribution in [0.2, 0.25) is 0 Å². The second kappa shape index (κ2) is 4.44. The van der Waals surface area contributed by atoms with Gasteiger partial charge in [-0.05, 0) is 6.92 Å². The van der Waals surface area contributed by atoms with Gasteiger partial charge >= 0.3 is 18.2 Å². The van der Waals surface area contributed by atoms with Crippen molar-refractivity contribution >= 4 is 0 Å². The number of hydrogen-bond donors (Lipinski definition) is 0. The molecule has 0 saturated heterocycles. The quantitative estimate of drug-likeness (QED) is 0.726. The standard InChI is InChI=1S/C9H5F6NO2/c1-2-17-7-4(3-16)5(10)6(8(11,12)13)9(14,15)18-7/h2H2,1H3. The first-order chi connectivity index (χ1) is 8.15. The fraction of sp³-hybridized carbons (Fsp3) is 0.444. The molecular formula is C9H5F6NO2. The molecule has 0 saturated carbocycles. The van der Waals surface area contributed by atoms with E-state index in [4.69, 9.17) is 5.26 Å². The minimum Gasteiger partial charge on any atom is -0.465 e. The summed E-state index contributed by atoms with van der Waals surface area (Å²) in [4.78, 5) is 0. The van der Waals surface area contributed by atoms with Crippen molar-refractivity contribution in [1.82, 2.24) is 0 Å². The van der Waals surface area contributed by atoms with Crippen LogP contribution >= 0.6 is 0 Å². The molecule has 3 nitrogen and oxygen atoms in total. The summed E-state index contributed by atoms with van der Waals surface area (Å²) in [6.45, 7) is 1.01. The molecule has 1 aliphatic rings. The van der Waals surface area contributed by atoms with Gasteiger partial charge in [0.2, 0.25) is 0 Å². The summed E-state index contributed by atoms with van der Waals surface area (Å²) in [5, 5.41) is 8.46. The number of allylic oxidation sites excluding steroid dienone is 2. The van der Waals surface area contributed by atoms with Gasteiger partial charge < -0.3 is 9.47 Å². The summed E-state index contributed by atoms with van der Waals surface area (Å²) >= 11 is 0. The van der Waals surface area contributed by atoms with Crippen LogP contribution in [0, 0.1) is 11.3 Å². The Morgan fingerprint density at radius 1 is 1.39 bits per heavy atom. The molecule has 0 unspecified atom stereocenters. The van der Waals surface area contributed by atoms with E-state index in [0.717, 1.165) is 6.07 Å². The number of rotatable bonds is 2. The molecule has 0 aromatic carbocycles. The number of halogens is 6. The fourth-order valence-electron chi connectivity index (χ4n) is 1.18.